The van der Waals surface area contributed by atoms with Crippen molar-refractivity contribution in [3.63, 3.8) is 0 Å². The van der Waals surface area contributed by atoms with Crippen molar-refractivity contribution in [3.8, 4) is 0 Å². The number of carbonyl (C=O) groups excluding carboxylic acids is 1. The molecule has 1 N–H and O–H groups in total. The third-order valence-corrected chi connectivity index (χ3v) is 1.86. The molecule has 0 aromatic carbocycles. The van der Waals surface area contributed by atoms with Gasteiger partial charge in [-0.25, -0.2) is 0 Å². The molecule has 0 aliphatic carbocycles. The van der Waals surface area contributed by atoms with Crippen LogP contribution in [0.2, 0.25) is 0 Å². The van der Waals surface area contributed by atoms with Crippen LogP contribution in [-0.2, 0) is 4.79 Å². The fourth-order valence-corrected chi connectivity index (χ4v) is 1.16. The van der Waals surface area contributed by atoms with Crippen LogP contribution in [0.5, 0.6) is 0 Å². The Labute approximate surface area is 61.4 Å². The topological polar surface area (TPSA) is 32.3 Å². The Bertz CT molecular complexity index is 145. The van der Waals surface area contributed by atoms with Gasteiger partial charge in [-0.05, 0) is 5.92 Å². The van der Waals surface area contributed by atoms with E-state index >= 15 is 0 Å². The van der Waals surface area contributed by atoms with Gasteiger partial charge in [-0.15, -0.1) is 0 Å². The van der Waals surface area contributed by atoms with Gasteiger partial charge in [-0.3, -0.25) is 10.1 Å². The highest BCUT2D eigenvalue weighted by Gasteiger charge is 2.30. The minimum Gasteiger partial charge on any atom is -0.332 e. The van der Waals surface area contributed by atoms with Crippen LogP contribution in [0.15, 0.2) is 0 Å². The number of likely N-dealkylation sites (N-methyl/N-ethyl adjacent to an activating group) is 1. The van der Waals surface area contributed by atoms with E-state index in [0.717, 1.165) is 0 Å². The fourth-order valence-electron chi connectivity index (χ4n) is 1.16. The number of amides is 1. The first kappa shape index (κ1) is 7.54. The van der Waals surface area contributed by atoms with Crippen LogP contribution in [0.4, 0.5) is 0 Å². The van der Waals surface area contributed by atoms with Crippen molar-refractivity contribution in [2.24, 2.45) is 5.92 Å². The molecule has 1 fully saturated rings. The van der Waals surface area contributed by atoms with Crippen LogP contribution in [0.1, 0.15) is 13.8 Å². The standard InChI is InChI=1S/C7H14N2O/c1-5(2)6-7(10)9(3)4-8-6/h5-6,8H,4H2,1-3H3. The first-order valence-electron chi connectivity index (χ1n) is 3.61. The van der Waals surface area contributed by atoms with Crippen LogP contribution >= 0.6 is 0 Å². The molecular weight excluding hydrogens is 128 g/mol. The van der Waals surface area contributed by atoms with E-state index in [2.05, 4.69) is 19.2 Å². The second-order valence-corrected chi connectivity index (χ2v) is 3.12. The highest BCUT2D eigenvalue weighted by Crippen LogP contribution is 2.09. The van der Waals surface area contributed by atoms with Crippen molar-refractivity contribution < 1.29 is 4.79 Å². The summed E-state index contributed by atoms with van der Waals surface area (Å²) in [6, 6.07) is 0.0463. The number of nitrogens with zero attached hydrogens (tertiary/aromatic N) is 1. The van der Waals surface area contributed by atoms with Crippen LogP contribution in [0.3, 0.4) is 0 Å². The summed E-state index contributed by atoms with van der Waals surface area (Å²) < 4.78 is 0. The number of nitrogens with one attached hydrogen (secondary N) is 1. The normalized spacial score (nSPS) is 26.6. The quantitative estimate of drug-likeness (QED) is 0.560. The molecule has 10 heavy (non-hydrogen) atoms. The molecule has 1 aliphatic heterocycles. The van der Waals surface area contributed by atoms with Crippen LogP contribution < -0.4 is 5.32 Å². The Balaban J connectivity index is 2.57. The van der Waals surface area contributed by atoms with Crippen molar-refractivity contribution in [1.82, 2.24) is 10.2 Å². The highest BCUT2D eigenvalue weighted by molar-refractivity contribution is 5.83. The van der Waals surface area contributed by atoms with Gasteiger partial charge in [-0.2, -0.15) is 0 Å². The molecule has 1 aliphatic rings. The zero-order valence-electron chi connectivity index (χ0n) is 6.72. The average molecular weight is 142 g/mol. The van der Waals surface area contributed by atoms with Crippen molar-refractivity contribution >= 4 is 5.91 Å². The van der Waals surface area contributed by atoms with Gasteiger partial charge in [0.2, 0.25) is 5.91 Å². The first-order chi connectivity index (χ1) is 4.63. The van der Waals surface area contributed by atoms with Crippen LogP contribution in [0, 0.1) is 5.92 Å². The van der Waals surface area contributed by atoms with E-state index in [4.69, 9.17) is 0 Å². The van der Waals surface area contributed by atoms with E-state index < -0.39 is 0 Å². The Kier molecular flexibility index (Phi) is 1.94. The van der Waals surface area contributed by atoms with Gasteiger partial charge in [0, 0.05) is 7.05 Å². The van der Waals surface area contributed by atoms with Gasteiger partial charge in [0.15, 0.2) is 0 Å². The second-order valence-electron chi connectivity index (χ2n) is 3.12. The maximum atomic E-state index is 11.2. The molecule has 0 aromatic heterocycles. The number of hydrogen-bond donors (Lipinski definition) is 1. The van der Waals surface area contributed by atoms with Gasteiger partial charge in [-0.1, -0.05) is 13.8 Å². The summed E-state index contributed by atoms with van der Waals surface area (Å²) in [7, 11) is 1.82. The fraction of sp³-hybridized carbons (Fsp3) is 0.857. The van der Waals surface area contributed by atoms with E-state index in [-0.39, 0.29) is 11.9 Å². The smallest absolute Gasteiger partial charge is 0.240 e. The van der Waals surface area contributed by atoms with E-state index in [1.807, 2.05) is 7.05 Å². The molecule has 1 heterocycles. The van der Waals surface area contributed by atoms with E-state index in [0.29, 0.717) is 12.6 Å². The number of hydrogen-bond acceptors (Lipinski definition) is 2. The third kappa shape index (κ3) is 1.14. The predicted molar refractivity (Wildman–Crippen MR) is 39.4 cm³/mol. The summed E-state index contributed by atoms with van der Waals surface area (Å²) in [6.45, 7) is 4.80. The molecule has 0 bridgehead atoms. The van der Waals surface area contributed by atoms with E-state index in [1.54, 1.807) is 4.90 Å². The molecule has 0 aromatic rings. The summed E-state index contributed by atoms with van der Waals surface area (Å²) in [6.07, 6.45) is 0. The maximum Gasteiger partial charge on any atom is 0.240 e. The van der Waals surface area contributed by atoms with Gasteiger partial charge >= 0.3 is 0 Å². The van der Waals surface area contributed by atoms with Gasteiger partial charge in [0.05, 0.1) is 12.7 Å². The minimum atomic E-state index is 0.0463. The molecule has 1 unspecified atom stereocenters. The lowest BCUT2D eigenvalue weighted by molar-refractivity contribution is -0.128. The number of carbonyl (C=O) groups is 1. The Morgan fingerprint density at radius 3 is 2.50 bits per heavy atom. The van der Waals surface area contributed by atoms with E-state index in [1.165, 1.54) is 0 Å². The summed E-state index contributed by atoms with van der Waals surface area (Å²) >= 11 is 0. The predicted octanol–water partition coefficient (Wildman–Crippen LogP) is 0.0301. The summed E-state index contributed by atoms with van der Waals surface area (Å²) in [5, 5.41) is 3.13. The molecule has 58 valence electrons. The summed E-state index contributed by atoms with van der Waals surface area (Å²) in [5.74, 6) is 0.618. The average Bonchev–Trinajstić information content (AvgIpc) is 2.14. The zero-order chi connectivity index (χ0) is 7.72. The maximum absolute atomic E-state index is 11.2. The highest BCUT2D eigenvalue weighted by atomic mass is 16.2. The summed E-state index contributed by atoms with van der Waals surface area (Å²) in [4.78, 5) is 12.9. The van der Waals surface area contributed by atoms with Crippen molar-refractivity contribution in [1.29, 1.82) is 0 Å². The Morgan fingerprint density at radius 2 is 2.30 bits per heavy atom. The molecule has 1 rings (SSSR count). The molecule has 3 heteroatoms. The molecule has 1 atom stereocenters. The van der Waals surface area contributed by atoms with E-state index in [9.17, 15) is 4.79 Å². The first-order valence-corrected chi connectivity index (χ1v) is 3.61. The monoisotopic (exact) mass is 142 g/mol. The van der Waals surface area contributed by atoms with Crippen LogP contribution in [-0.4, -0.2) is 30.6 Å². The summed E-state index contributed by atoms with van der Waals surface area (Å²) in [5.41, 5.74) is 0. The van der Waals surface area contributed by atoms with Crippen molar-refractivity contribution in [3.05, 3.63) is 0 Å². The largest absolute Gasteiger partial charge is 0.332 e. The molecule has 1 saturated heterocycles. The zero-order valence-corrected chi connectivity index (χ0v) is 6.72. The van der Waals surface area contributed by atoms with Gasteiger partial charge in [0.25, 0.3) is 0 Å². The lowest BCUT2D eigenvalue weighted by Crippen LogP contribution is -2.33. The Morgan fingerprint density at radius 1 is 1.70 bits per heavy atom. The van der Waals surface area contributed by atoms with Gasteiger partial charge in [0.1, 0.15) is 0 Å². The third-order valence-electron chi connectivity index (χ3n) is 1.86. The lowest BCUT2D eigenvalue weighted by atomic mass is 10.1. The van der Waals surface area contributed by atoms with Crippen molar-refractivity contribution in [2.45, 2.75) is 19.9 Å². The number of rotatable bonds is 1. The van der Waals surface area contributed by atoms with Crippen LogP contribution in [0.25, 0.3) is 0 Å². The molecule has 0 radical (unpaired) electrons. The molecule has 3 nitrogen and oxygen atoms in total. The van der Waals surface area contributed by atoms with Gasteiger partial charge < -0.3 is 4.90 Å². The van der Waals surface area contributed by atoms with Crippen molar-refractivity contribution in [2.75, 3.05) is 13.7 Å². The molecule has 1 amide bonds. The minimum absolute atomic E-state index is 0.0463. The Hall–Kier alpha value is -0.570. The molecule has 0 spiro atoms. The second kappa shape index (κ2) is 2.58. The SMILES string of the molecule is CC(C)C1NCN(C)C1=O. The molecular formula is C7H14N2O. The molecule has 0 saturated carbocycles. The lowest BCUT2D eigenvalue weighted by Gasteiger charge is -2.11.